The number of pyridine rings is 1. The minimum atomic E-state index is -0.686. The van der Waals surface area contributed by atoms with E-state index in [1.807, 2.05) is 37.5 Å². The van der Waals surface area contributed by atoms with Gasteiger partial charge in [0, 0.05) is 36.9 Å². The quantitative estimate of drug-likeness (QED) is 0.531. The van der Waals surface area contributed by atoms with Gasteiger partial charge < -0.3 is 20.6 Å². The number of amides is 1. The molecule has 8 heteroatoms. The van der Waals surface area contributed by atoms with E-state index in [1.54, 1.807) is 0 Å². The first kappa shape index (κ1) is 22.1. The molecule has 6 rings (SSSR count). The molecule has 3 aliphatic rings. The zero-order valence-corrected chi connectivity index (χ0v) is 20.3. The molecular weight excluding hydrogens is 440 g/mol. The summed E-state index contributed by atoms with van der Waals surface area (Å²) in [5.74, 6) is 0.620. The molecule has 1 aromatic carbocycles. The molecule has 0 aliphatic carbocycles. The number of aryl methyl sites for hydroxylation is 1. The standard InChI is InChI=1S/C27H32N6O2/c1-17-10-11-27(2,35)16-32(17)18-6-9-24(28-13-18)31-22-8-7-19(21-14-29-26(34)25(21)22)20-15-30-33-12-4-3-5-23(20)33/h6-9,13,15,17,35H,3-5,10-12,14,16H2,1-2H3,(H,28,31)(H,29,34)/t17-,27-/m1/s1. The number of carbonyl (C=O) groups excluding carboxylic acids is 1. The lowest BCUT2D eigenvalue weighted by Gasteiger charge is -2.42. The minimum Gasteiger partial charge on any atom is -0.388 e. The molecule has 1 amide bonds. The number of benzene rings is 1. The summed E-state index contributed by atoms with van der Waals surface area (Å²) in [6.07, 6.45) is 8.90. The average molecular weight is 473 g/mol. The van der Waals surface area contributed by atoms with Crippen molar-refractivity contribution < 1.29 is 9.90 Å². The van der Waals surface area contributed by atoms with Crippen molar-refractivity contribution in [3.8, 4) is 11.1 Å². The van der Waals surface area contributed by atoms with Gasteiger partial charge in [0.2, 0.25) is 0 Å². The van der Waals surface area contributed by atoms with Crippen LogP contribution in [-0.4, -0.2) is 44.0 Å². The van der Waals surface area contributed by atoms with Crippen molar-refractivity contribution in [1.82, 2.24) is 20.1 Å². The molecular formula is C27H32N6O2. The van der Waals surface area contributed by atoms with Gasteiger partial charge in [-0.05, 0) is 75.3 Å². The number of rotatable bonds is 4. The van der Waals surface area contributed by atoms with Gasteiger partial charge in [-0.2, -0.15) is 5.10 Å². The maximum absolute atomic E-state index is 12.8. The van der Waals surface area contributed by atoms with Crippen molar-refractivity contribution in [1.29, 1.82) is 0 Å². The number of carbonyl (C=O) groups is 1. The smallest absolute Gasteiger partial charge is 0.254 e. The van der Waals surface area contributed by atoms with E-state index in [9.17, 15) is 9.90 Å². The molecule has 5 heterocycles. The Labute approximate surface area is 205 Å². The van der Waals surface area contributed by atoms with E-state index in [2.05, 4.69) is 43.3 Å². The lowest BCUT2D eigenvalue weighted by Crippen LogP contribution is -2.50. The van der Waals surface area contributed by atoms with Crippen LogP contribution in [0.5, 0.6) is 0 Å². The Morgan fingerprint density at radius 3 is 2.89 bits per heavy atom. The second-order valence-electron chi connectivity index (χ2n) is 10.4. The fourth-order valence-electron chi connectivity index (χ4n) is 5.74. The molecule has 35 heavy (non-hydrogen) atoms. The highest BCUT2D eigenvalue weighted by atomic mass is 16.3. The van der Waals surface area contributed by atoms with Crippen LogP contribution in [-0.2, 0) is 19.5 Å². The van der Waals surface area contributed by atoms with Gasteiger partial charge in [-0.3, -0.25) is 9.48 Å². The van der Waals surface area contributed by atoms with Gasteiger partial charge in [-0.15, -0.1) is 0 Å². The van der Waals surface area contributed by atoms with Gasteiger partial charge in [-0.25, -0.2) is 4.98 Å². The van der Waals surface area contributed by atoms with Crippen LogP contribution in [0.3, 0.4) is 0 Å². The third kappa shape index (κ3) is 3.95. The normalized spacial score (nSPS) is 23.6. The number of nitrogens with one attached hydrogen (secondary N) is 2. The summed E-state index contributed by atoms with van der Waals surface area (Å²) in [7, 11) is 0. The predicted octanol–water partition coefficient (Wildman–Crippen LogP) is 4.01. The van der Waals surface area contributed by atoms with Crippen LogP contribution in [0.25, 0.3) is 11.1 Å². The Morgan fingerprint density at radius 2 is 2.06 bits per heavy atom. The molecule has 0 bridgehead atoms. The molecule has 0 spiro atoms. The number of β-amino-alcohol motifs (C(OH)–C–C–N with tert-alkyl or cyclic N) is 1. The van der Waals surface area contributed by atoms with Gasteiger partial charge in [0.1, 0.15) is 5.82 Å². The highest BCUT2D eigenvalue weighted by Gasteiger charge is 2.33. The zero-order valence-electron chi connectivity index (χ0n) is 20.3. The Kier molecular flexibility index (Phi) is 5.29. The van der Waals surface area contributed by atoms with Crippen LogP contribution >= 0.6 is 0 Å². The molecule has 0 saturated carbocycles. The van der Waals surface area contributed by atoms with E-state index < -0.39 is 5.60 Å². The minimum absolute atomic E-state index is 0.0635. The van der Waals surface area contributed by atoms with Gasteiger partial charge in [0.15, 0.2) is 0 Å². The van der Waals surface area contributed by atoms with Crippen molar-refractivity contribution in [3.05, 3.63) is 53.5 Å². The molecule has 8 nitrogen and oxygen atoms in total. The number of fused-ring (bicyclic) bond motifs is 2. The monoisotopic (exact) mass is 472 g/mol. The lowest BCUT2D eigenvalue weighted by molar-refractivity contribution is 0.0378. The summed E-state index contributed by atoms with van der Waals surface area (Å²) in [6, 6.07) is 8.39. The third-order valence-electron chi connectivity index (χ3n) is 7.72. The molecule has 1 fully saturated rings. The Balaban J connectivity index is 1.28. The molecule has 2 aromatic heterocycles. The van der Waals surface area contributed by atoms with Gasteiger partial charge >= 0.3 is 0 Å². The van der Waals surface area contributed by atoms with Gasteiger partial charge in [0.25, 0.3) is 5.91 Å². The Morgan fingerprint density at radius 1 is 1.17 bits per heavy atom. The van der Waals surface area contributed by atoms with Crippen LogP contribution in [0.2, 0.25) is 0 Å². The SMILES string of the molecule is C[C@@H]1CC[C@@](C)(O)CN1c1ccc(Nc2ccc(-c3cnn4c3CCCC4)c3c2C(=O)NC3)nc1. The number of nitrogens with zero attached hydrogens (tertiary/aromatic N) is 4. The van der Waals surface area contributed by atoms with Crippen molar-refractivity contribution in [2.75, 3.05) is 16.8 Å². The van der Waals surface area contributed by atoms with Crippen LogP contribution in [0.15, 0.2) is 36.7 Å². The number of hydrogen-bond acceptors (Lipinski definition) is 6. The maximum atomic E-state index is 12.8. The van der Waals surface area contributed by atoms with E-state index in [4.69, 9.17) is 0 Å². The highest BCUT2D eigenvalue weighted by molar-refractivity contribution is 6.06. The Bertz CT molecular complexity index is 1280. The summed E-state index contributed by atoms with van der Waals surface area (Å²) in [5.41, 5.74) is 6.25. The lowest BCUT2D eigenvalue weighted by atomic mass is 9.90. The molecule has 0 unspecified atom stereocenters. The third-order valence-corrected chi connectivity index (χ3v) is 7.72. The molecule has 0 radical (unpaired) electrons. The molecule has 2 atom stereocenters. The molecule has 182 valence electrons. The largest absolute Gasteiger partial charge is 0.388 e. The first-order chi connectivity index (χ1) is 16.9. The predicted molar refractivity (Wildman–Crippen MR) is 136 cm³/mol. The summed E-state index contributed by atoms with van der Waals surface area (Å²) in [6.45, 7) is 6.15. The van der Waals surface area contributed by atoms with E-state index in [0.717, 1.165) is 60.3 Å². The average Bonchev–Trinajstić information content (AvgIpc) is 3.46. The second-order valence-corrected chi connectivity index (χ2v) is 10.4. The number of anilines is 3. The van der Waals surface area contributed by atoms with E-state index in [0.29, 0.717) is 30.5 Å². The summed E-state index contributed by atoms with van der Waals surface area (Å²) in [5, 5.41) is 21.5. The second kappa shape index (κ2) is 8.37. The topological polar surface area (TPSA) is 95.3 Å². The first-order valence-electron chi connectivity index (χ1n) is 12.6. The van der Waals surface area contributed by atoms with Crippen molar-refractivity contribution in [3.63, 3.8) is 0 Å². The van der Waals surface area contributed by atoms with Crippen LogP contribution < -0.4 is 15.5 Å². The summed E-state index contributed by atoms with van der Waals surface area (Å²) < 4.78 is 2.11. The molecule has 3 N–H and O–H groups in total. The van der Waals surface area contributed by atoms with Crippen LogP contribution in [0.4, 0.5) is 17.2 Å². The maximum Gasteiger partial charge on any atom is 0.254 e. The van der Waals surface area contributed by atoms with E-state index >= 15 is 0 Å². The number of hydrogen-bond donors (Lipinski definition) is 3. The number of piperidine rings is 1. The van der Waals surface area contributed by atoms with E-state index in [-0.39, 0.29) is 5.91 Å². The van der Waals surface area contributed by atoms with Crippen molar-refractivity contribution in [2.24, 2.45) is 0 Å². The molecule has 3 aliphatic heterocycles. The Hall–Kier alpha value is -3.39. The summed E-state index contributed by atoms with van der Waals surface area (Å²) >= 11 is 0. The zero-order chi connectivity index (χ0) is 24.2. The first-order valence-corrected chi connectivity index (χ1v) is 12.6. The molecule has 3 aromatic rings. The fraction of sp³-hybridized carbons (Fsp3) is 0.444. The van der Waals surface area contributed by atoms with E-state index in [1.165, 1.54) is 12.1 Å². The number of aliphatic hydroxyl groups is 1. The van der Waals surface area contributed by atoms with Gasteiger partial charge in [0.05, 0.1) is 34.9 Å². The molecule has 1 saturated heterocycles. The highest BCUT2D eigenvalue weighted by Crippen LogP contribution is 2.38. The summed E-state index contributed by atoms with van der Waals surface area (Å²) in [4.78, 5) is 19.7. The van der Waals surface area contributed by atoms with Crippen molar-refractivity contribution in [2.45, 2.75) is 70.7 Å². The van der Waals surface area contributed by atoms with Gasteiger partial charge in [-0.1, -0.05) is 6.07 Å². The number of aromatic nitrogens is 3. The fourth-order valence-corrected chi connectivity index (χ4v) is 5.74. The van der Waals surface area contributed by atoms with Crippen molar-refractivity contribution >= 4 is 23.1 Å². The van der Waals surface area contributed by atoms with Crippen LogP contribution in [0.1, 0.15) is 61.1 Å². The van der Waals surface area contributed by atoms with Crippen LogP contribution in [0, 0.1) is 0 Å².